The molecule has 0 aromatic carbocycles. The van der Waals surface area contributed by atoms with E-state index in [2.05, 4.69) is 28.0 Å². The highest BCUT2D eigenvalue weighted by atomic mass is 79.9. The molecule has 2 rings (SSSR count). The molecule has 2 heterocycles. The first-order chi connectivity index (χ1) is 9.56. The van der Waals surface area contributed by atoms with E-state index in [-0.39, 0.29) is 5.78 Å². The Bertz CT molecular complexity index is 613. The first kappa shape index (κ1) is 15.0. The highest BCUT2D eigenvalue weighted by Crippen LogP contribution is 2.22. The fourth-order valence-electron chi connectivity index (χ4n) is 2.24. The highest BCUT2D eigenvalue weighted by molar-refractivity contribution is 9.10. The summed E-state index contributed by atoms with van der Waals surface area (Å²) < 4.78 is 5.00. The largest absolute Gasteiger partial charge is 0.348 e. The predicted octanol–water partition coefficient (Wildman–Crippen LogP) is 3.58. The van der Waals surface area contributed by atoms with E-state index in [4.69, 9.17) is 0 Å². The van der Waals surface area contributed by atoms with E-state index in [1.54, 1.807) is 0 Å². The molecule has 0 saturated heterocycles. The number of carbonyl (C=O) groups is 1. The van der Waals surface area contributed by atoms with Crippen LogP contribution in [0.2, 0.25) is 0 Å². The molecule has 0 fully saturated rings. The van der Waals surface area contributed by atoms with E-state index in [9.17, 15) is 4.79 Å². The lowest BCUT2D eigenvalue weighted by Crippen LogP contribution is -2.04. The second-order valence-electron chi connectivity index (χ2n) is 4.93. The maximum atomic E-state index is 11.9. The Hall–Kier alpha value is -1.36. The molecule has 2 aromatic heterocycles. The van der Waals surface area contributed by atoms with Gasteiger partial charge in [0, 0.05) is 31.4 Å². The topological polar surface area (TPSA) is 39.8 Å². The van der Waals surface area contributed by atoms with Crippen LogP contribution < -0.4 is 0 Å². The van der Waals surface area contributed by atoms with Gasteiger partial charge in [-0.3, -0.25) is 9.48 Å². The molecule has 0 bridgehead atoms. The number of hydrogen-bond donors (Lipinski definition) is 0. The number of nitrogens with zero attached hydrogens (tertiary/aromatic N) is 3. The number of aromatic nitrogens is 3. The summed E-state index contributed by atoms with van der Waals surface area (Å²) in [5.74, 6) is 0.213. The smallest absolute Gasteiger partial charge is 0.164 e. The van der Waals surface area contributed by atoms with Gasteiger partial charge in [-0.15, -0.1) is 0 Å². The van der Waals surface area contributed by atoms with Crippen LogP contribution in [0.3, 0.4) is 0 Å². The number of hydrogen-bond acceptors (Lipinski definition) is 2. The average Bonchev–Trinajstić information content (AvgIpc) is 2.99. The minimum absolute atomic E-state index is 0.213. The molecule has 0 N–H and O–H groups in total. The zero-order chi connectivity index (χ0) is 14.7. The molecule has 0 saturated carbocycles. The van der Waals surface area contributed by atoms with Crippen molar-refractivity contribution >= 4 is 21.7 Å². The first-order valence-corrected chi connectivity index (χ1v) is 7.75. The lowest BCUT2D eigenvalue weighted by molar-refractivity contribution is 0.0981. The molecular formula is C15H20BrN3O. The average molecular weight is 338 g/mol. The molecule has 0 radical (unpaired) electrons. The van der Waals surface area contributed by atoms with Gasteiger partial charge in [0.25, 0.3) is 0 Å². The highest BCUT2D eigenvalue weighted by Gasteiger charge is 2.13. The van der Waals surface area contributed by atoms with Gasteiger partial charge in [0.15, 0.2) is 5.78 Å². The monoisotopic (exact) mass is 337 g/mol. The van der Waals surface area contributed by atoms with Crippen molar-refractivity contribution in [3.05, 3.63) is 39.9 Å². The third kappa shape index (κ3) is 3.03. The number of aryl methyl sites for hydroxylation is 2. The van der Waals surface area contributed by atoms with Gasteiger partial charge in [0.1, 0.15) is 0 Å². The van der Waals surface area contributed by atoms with Gasteiger partial charge in [-0.05, 0) is 34.8 Å². The SMILES string of the molecule is CCCC(=O)c1ccn(Cc2c(Br)c(CC)nn2C)c1. The van der Waals surface area contributed by atoms with Gasteiger partial charge in [-0.2, -0.15) is 5.10 Å². The van der Waals surface area contributed by atoms with Gasteiger partial charge in [0.2, 0.25) is 0 Å². The van der Waals surface area contributed by atoms with Gasteiger partial charge in [0.05, 0.1) is 22.4 Å². The van der Waals surface area contributed by atoms with E-state index in [0.717, 1.165) is 34.3 Å². The summed E-state index contributed by atoms with van der Waals surface area (Å²) in [5, 5.41) is 4.49. The Kier molecular flexibility index (Phi) is 4.81. The predicted molar refractivity (Wildman–Crippen MR) is 83.1 cm³/mol. The van der Waals surface area contributed by atoms with Crippen molar-refractivity contribution in [2.24, 2.45) is 7.05 Å². The summed E-state index contributed by atoms with van der Waals surface area (Å²) in [5.41, 5.74) is 2.98. The second-order valence-corrected chi connectivity index (χ2v) is 5.72. The molecule has 0 aliphatic carbocycles. The zero-order valence-electron chi connectivity index (χ0n) is 12.2. The number of ketones is 1. The van der Waals surface area contributed by atoms with Crippen molar-refractivity contribution in [3.63, 3.8) is 0 Å². The first-order valence-electron chi connectivity index (χ1n) is 6.96. The van der Waals surface area contributed by atoms with Gasteiger partial charge >= 0.3 is 0 Å². The lowest BCUT2D eigenvalue weighted by atomic mass is 10.1. The van der Waals surface area contributed by atoms with Crippen LogP contribution in [0.1, 0.15) is 48.4 Å². The molecule has 20 heavy (non-hydrogen) atoms. The van der Waals surface area contributed by atoms with E-state index in [1.807, 2.05) is 41.7 Å². The number of halogens is 1. The molecule has 4 nitrogen and oxygen atoms in total. The Labute approximate surface area is 127 Å². The summed E-state index contributed by atoms with van der Waals surface area (Å²) in [4.78, 5) is 11.9. The number of carbonyl (C=O) groups excluding carboxylic acids is 1. The van der Waals surface area contributed by atoms with Crippen LogP contribution in [0.25, 0.3) is 0 Å². The van der Waals surface area contributed by atoms with Crippen molar-refractivity contribution in [2.45, 2.75) is 39.7 Å². The van der Waals surface area contributed by atoms with Crippen molar-refractivity contribution in [1.82, 2.24) is 14.3 Å². The number of Topliss-reactive ketones (excluding diaryl/α,β-unsaturated/α-hetero) is 1. The zero-order valence-corrected chi connectivity index (χ0v) is 13.8. The van der Waals surface area contributed by atoms with Crippen LogP contribution in [0.4, 0.5) is 0 Å². The van der Waals surface area contributed by atoms with Crippen LogP contribution in [-0.2, 0) is 20.0 Å². The van der Waals surface area contributed by atoms with Crippen LogP contribution in [0.15, 0.2) is 22.9 Å². The number of rotatable bonds is 6. The lowest BCUT2D eigenvalue weighted by Gasteiger charge is -2.04. The Morgan fingerprint density at radius 1 is 1.40 bits per heavy atom. The van der Waals surface area contributed by atoms with E-state index in [0.29, 0.717) is 13.0 Å². The Morgan fingerprint density at radius 3 is 2.75 bits per heavy atom. The molecule has 2 aromatic rings. The summed E-state index contributed by atoms with van der Waals surface area (Å²) >= 11 is 3.62. The Morgan fingerprint density at radius 2 is 2.15 bits per heavy atom. The maximum absolute atomic E-state index is 11.9. The molecule has 0 unspecified atom stereocenters. The van der Waals surface area contributed by atoms with Gasteiger partial charge in [-0.1, -0.05) is 13.8 Å². The molecular weight excluding hydrogens is 318 g/mol. The van der Waals surface area contributed by atoms with E-state index < -0.39 is 0 Å². The van der Waals surface area contributed by atoms with Crippen LogP contribution >= 0.6 is 15.9 Å². The maximum Gasteiger partial charge on any atom is 0.164 e. The molecule has 0 aliphatic heterocycles. The van der Waals surface area contributed by atoms with Crippen LogP contribution in [0.5, 0.6) is 0 Å². The van der Waals surface area contributed by atoms with Crippen molar-refractivity contribution < 1.29 is 4.79 Å². The van der Waals surface area contributed by atoms with Gasteiger partial charge < -0.3 is 4.57 Å². The fourth-order valence-corrected chi connectivity index (χ4v) is 2.98. The fraction of sp³-hybridized carbons (Fsp3) is 0.467. The van der Waals surface area contributed by atoms with Crippen molar-refractivity contribution in [1.29, 1.82) is 0 Å². The summed E-state index contributed by atoms with van der Waals surface area (Å²) in [6.45, 7) is 4.82. The summed E-state index contributed by atoms with van der Waals surface area (Å²) in [7, 11) is 1.95. The quantitative estimate of drug-likeness (QED) is 0.756. The standard InChI is InChI=1S/C15H20BrN3O/c1-4-6-14(20)11-7-8-19(9-11)10-13-15(16)12(5-2)17-18(13)3/h7-9H,4-6,10H2,1-3H3. The van der Waals surface area contributed by atoms with Crippen molar-refractivity contribution in [3.8, 4) is 0 Å². The second kappa shape index (κ2) is 6.39. The third-order valence-electron chi connectivity index (χ3n) is 3.38. The molecule has 0 spiro atoms. The van der Waals surface area contributed by atoms with E-state index in [1.165, 1.54) is 0 Å². The molecule has 108 valence electrons. The summed E-state index contributed by atoms with van der Waals surface area (Å²) in [6, 6.07) is 1.89. The molecule has 0 amide bonds. The van der Waals surface area contributed by atoms with Crippen molar-refractivity contribution in [2.75, 3.05) is 0 Å². The Balaban J connectivity index is 2.19. The van der Waals surface area contributed by atoms with Crippen LogP contribution in [-0.4, -0.2) is 20.1 Å². The van der Waals surface area contributed by atoms with Crippen LogP contribution in [0, 0.1) is 0 Å². The van der Waals surface area contributed by atoms with Gasteiger partial charge in [-0.25, -0.2) is 0 Å². The van der Waals surface area contributed by atoms with E-state index >= 15 is 0 Å². The normalized spacial score (nSPS) is 11.0. The minimum Gasteiger partial charge on any atom is -0.348 e. The minimum atomic E-state index is 0.213. The third-order valence-corrected chi connectivity index (χ3v) is 4.30. The molecule has 0 aliphatic rings. The summed E-state index contributed by atoms with van der Waals surface area (Å²) in [6.07, 6.45) is 6.27. The molecule has 5 heteroatoms. The molecule has 0 atom stereocenters.